The van der Waals surface area contributed by atoms with E-state index in [1.165, 1.54) is 18.2 Å². The van der Waals surface area contributed by atoms with E-state index in [9.17, 15) is 9.59 Å². The van der Waals surface area contributed by atoms with Crippen molar-refractivity contribution < 1.29 is 19.5 Å². The third-order valence-electron chi connectivity index (χ3n) is 3.86. The van der Waals surface area contributed by atoms with E-state index in [0.29, 0.717) is 18.9 Å². The Morgan fingerprint density at radius 2 is 1.85 bits per heavy atom. The number of carbonyl (C=O) groups excluding carboxylic acids is 2. The molecule has 0 fully saturated rings. The number of esters is 1. The molecule has 146 valence electrons. The number of benzene rings is 1. The molecule has 0 saturated carbocycles. The van der Waals surface area contributed by atoms with Crippen molar-refractivity contribution in [2.75, 3.05) is 6.61 Å². The molecule has 0 aromatic heterocycles. The lowest BCUT2D eigenvalue weighted by molar-refractivity contribution is -0.137. The summed E-state index contributed by atoms with van der Waals surface area (Å²) < 4.78 is 4.94. The second-order valence-electron chi connectivity index (χ2n) is 6.37. The van der Waals surface area contributed by atoms with Gasteiger partial charge >= 0.3 is 5.97 Å². The number of amides is 1. The molecule has 1 amide bonds. The van der Waals surface area contributed by atoms with Gasteiger partial charge in [0, 0.05) is 18.7 Å². The molecule has 1 rings (SSSR count). The van der Waals surface area contributed by atoms with E-state index in [2.05, 4.69) is 5.16 Å². The van der Waals surface area contributed by atoms with Crippen LogP contribution in [0.15, 0.2) is 59.8 Å². The Kier molecular flexibility index (Phi) is 9.58. The minimum Gasteiger partial charge on any atom is -0.463 e. The average molecular weight is 372 g/mol. The van der Waals surface area contributed by atoms with Gasteiger partial charge in [-0.2, -0.15) is 0 Å². The molecule has 6 nitrogen and oxygen atoms in total. The third kappa shape index (κ3) is 7.90. The van der Waals surface area contributed by atoms with Crippen molar-refractivity contribution in [3.63, 3.8) is 0 Å². The monoisotopic (exact) mass is 372 g/mol. The van der Waals surface area contributed by atoms with Gasteiger partial charge in [0.2, 0.25) is 5.91 Å². The summed E-state index contributed by atoms with van der Waals surface area (Å²) in [6.45, 7) is 7.98. The van der Waals surface area contributed by atoms with E-state index in [4.69, 9.17) is 9.94 Å². The normalized spacial score (nSPS) is 13.3. The van der Waals surface area contributed by atoms with E-state index >= 15 is 0 Å². The molecule has 0 radical (unpaired) electrons. The zero-order valence-electron chi connectivity index (χ0n) is 16.3. The summed E-state index contributed by atoms with van der Waals surface area (Å²) in [4.78, 5) is 26.2. The largest absolute Gasteiger partial charge is 0.463 e. The van der Waals surface area contributed by atoms with Crippen molar-refractivity contribution in [1.82, 2.24) is 4.90 Å². The highest BCUT2D eigenvalue weighted by Gasteiger charge is 2.23. The summed E-state index contributed by atoms with van der Waals surface area (Å²) in [6, 6.07) is 9.31. The predicted molar refractivity (Wildman–Crippen MR) is 105 cm³/mol. The number of hydrogen-bond acceptors (Lipinski definition) is 5. The summed E-state index contributed by atoms with van der Waals surface area (Å²) in [7, 11) is 0. The van der Waals surface area contributed by atoms with Crippen LogP contribution in [-0.2, 0) is 20.9 Å². The maximum absolute atomic E-state index is 12.8. The highest BCUT2D eigenvalue weighted by atomic mass is 16.5. The van der Waals surface area contributed by atoms with Crippen molar-refractivity contribution in [2.24, 2.45) is 11.1 Å². The van der Waals surface area contributed by atoms with Crippen LogP contribution >= 0.6 is 0 Å². The Hall–Kier alpha value is -2.89. The van der Waals surface area contributed by atoms with E-state index in [1.54, 1.807) is 24.8 Å². The van der Waals surface area contributed by atoms with Crippen LogP contribution in [0, 0.1) is 5.92 Å². The molecule has 0 spiro atoms. The van der Waals surface area contributed by atoms with Crippen molar-refractivity contribution >= 4 is 17.6 Å². The lowest BCUT2D eigenvalue weighted by Gasteiger charge is -2.32. The zero-order chi connectivity index (χ0) is 20.2. The first-order valence-electron chi connectivity index (χ1n) is 8.95. The Balaban J connectivity index is 3.16. The van der Waals surface area contributed by atoms with Gasteiger partial charge in [-0.05, 0) is 31.4 Å². The maximum Gasteiger partial charge on any atom is 0.330 e. The van der Waals surface area contributed by atoms with Crippen molar-refractivity contribution in [2.45, 2.75) is 40.3 Å². The summed E-state index contributed by atoms with van der Waals surface area (Å²) in [5.41, 5.74) is 1.30. The van der Waals surface area contributed by atoms with Gasteiger partial charge < -0.3 is 14.8 Å². The topological polar surface area (TPSA) is 79.2 Å². The van der Waals surface area contributed by atoms with Gasteiger partial charge in [0.25, 0.3) is 0 Å². The Morgan fingerprint density at radius 3 is 2.41 bits per heavy atom. The van der Waals surface area contributed by atoms with E-state index in [-0.39, 0.29) is 17.9 Å². The van der Waals surface area contributed by atoms with Crippen LogP contribution in [0.5, 0.6) is 0 Å². The number of rotatable bonds is 9. The smallest absolute Gasteiger partial charge is 0.330 e. The Bertz CT molecular complexity index is 693. The molecule has 0 heterocycles. The molecule has 0 unspecified atom stereocenters. The fraction of sp³-hybridized carbons (Fsp3) is 0.381. The first-order chi connectivity index (χ1) is 12.9. The molecule has 0 aliphatic carbocycles. The molecule has 1 aromatic rings. The SMILES string of the molecule is CCOC(=O)/C=C/[C@H](C(C)C)N(Cc1ccccc1)C(=O)/C=C/C(C)=N/O. The van der Waals surface area contributed by atoms with Crippen molar-refractivity contribution in [3.05, 3.63) is 60.2 Å². The fourth-order valence-electron chi connectivity index (χ4n) is 2.48. The third-order valence-corrected chi connectivity index (χ3v) is 3.86. The molecule has 1 N–H and O–H groups in total. The maximum atomic E-state index is 12.8. The van der Waals surface area contributed by atoms with Gasteiger partial charge in [0.1, 0.15) is 0 Å². The van der Waals surface area contributed by atoms with E-state index in [0.717, 1.165) is 5.56 Å². The predicted octanol–water partition coefficient (Wildman–Crippen LogP) is 3.57. The van der Waals surface area contributed by atoms with Gasteiger partial charge in [0.15, 0.2) is 0 Å². The number of hydrogen-bond donors (Lipinski definition) is 1. The van der Waals surface area contributed by atoms with Crippen LogP contribution in [0.4, 0.5) is 0 Å². The molecule has 6 heteroatoms. The second-order valence-corrected chi connectivity index (χ2v) is 6.37. The molecule has 0 bridgehead atoms. The van der Waals surface area contributed by atoms with Crippen molar-refractivity contribution in [1.29, 1.82) is 0 Å². The number of oxime groups is 1. The fourth-order valence-corrected chi connectivity index (χ4v) is 2.48. The zero-order valence-corrected chi connectivity index (χ0v) is 16.3. The number of nitrogens with zero attached hydrogens (tertiary/aromatic N) is 2. The first-order valence-corrected chi connectivity index (χ1v) is 8.95. The van der Waals surface area contributed by atoms with Gasteiger partial charge in [-0.3, -0.25) is 4.79 Å². The highest BCUT2D eigenvalue weighted by molar-refractivity contribution is 5.99. The van der Waals surface area contributed by atoms with Gasteiger partial charge in [-0.25, -0.2) is 4.79 Å². The van der Waals surface area contributed by atoms with Crippen LogP contribution < -0.4 is 0 Å². The molecular weight excluding hydrogens is 344 g/mol. The number of carbonyl (C=O) groups is 2. The van der Waals surface area contributed by atoms with Gasteiger partial charge in [-0.1, -0.05) is 55.4 Å². The summed E-state index contributed by atoms with van der Waals surface area (Å²) in [5.74, 6) is -0.604. The lowest BCUT2D eigenvalue weighted by atomic mass is 10.0. The summed E-state index contributed by atoms with van der Waals surface area (Å²) >= 11 is 0. The molecule has 27 heavy (non-hydrogen) atoms. The molecule has 1 atom stereocenters. The van der Waals surface area contributed by atoms with Crippen LogP contribution in [0.2, 0.25) is 0 Å². The minimum absolute atomic E-state index is 0.0735. The average Bonchev–Trinajstić information content (AvgIpc) is 2.65. The molecular formula is C21H28N2O4. The molecule has 1 aromatic carbocycles. The summed E-state index contributed by atoms with van der Waals surface area (Å²) in [5, 5.41) is 11.8. The van der Waals surface area contributed by atoms with Gasteiger partial charge in [0.05, 0.1) is 18.4 Å². The quantitative estimate of drug-likeness (QED) is 0.236. The van der Waals surface area contributed by atoms with Crippen molar-refractivity contribution in [3.8, 4) is 0 Å². The second kappa shape index (κ2) is 11.7. The van der Waals surface area contributed by atoms with Crippen LogP contribution in [0.1, 0.15) is 33.3 Å². The van der Waals surface area contributed by atoms with Crippen LogP contribution in [0.25, 0.3) is 0 Å². The minimum atomic E-state index is -0.436. The van der Waals surface area contributed by atoms with Crippen LogP contribution in [-0.4, -0.2) is 40.3 Å². The summed E-state index contributed by atoms with van der Waals surface area (Å²) in [6.07, 6.45) is 5.88. The first kappa shape index (κ1) is 22.2. The standard InChI is InChI=1S/C21H28N2O4/c1-5-27-21(25)14-12-19(16(2)3)23(15-18-9-7-6-8-10-18)20(24)13-11-17(4)22-26/h6-14,16,19,26H,5,15H2,1-4H3/b13-11+,14-12+,22-17+/t19-/m1/s1. The Morgan fingerprint density at radius 1 is 1.19 bits per heavy atom. The number of allylic oxidation sites excluding steroid dienone is 1. The Labute approximate surface area is 160 Å². The molecule has 0 aliphatic rings. The van der Waals surface area contributed by atoms with Crippen LogP contribution in [0.3, 0.4) is 0 Å². The van der Waals surface area contributed by atoms with Gasteiger partial charge in [-0.15, -0.1) is 0 Å². The number of ether oxygens (including phenoxy) is 1. The van der Waals surface area contributed by atoms with E-state index in [1.807, 2.05) is 44.2 Å². The molecule has 0 aliphatic heterocycles. The lowest BCUT2D eigenvalue weighted by Crippen LogP contribution is -2.41. The highest BCUT2D eigenvalue weighted by Crippen LogP contribution is 2.17. The van der Waals surface area contributed by atoms with E-state index < -0.39 is 5.97 Å². The molecule has 0 saturated heterocycles.